The Balaban J connectivity index is 2.97. The molecule has 1 N–H and O–H groups in total. The van der Waals surface area contributed by atoms with E-state index < -0.39 is 0 Å². The summed E-state index contributed by atoms with van der Waals surface area (Å²) in [5, 5.41) is 3.58. The molecule has 0 unspecified atom stereocenters. The second-order valence-corrected chi connectivity index (χ2v) is 9.43. The van der Waals surface area contributed by atoms with Crippen molar-refractivity contribution in [2.24, 2.45) is 0 Å². The van der Waals surface area contributed by atoms with Crippen molar-refractivity contribution in [3.05, 3.63) is 0 Å². The molecule has 0 aromatic heterocycles. The smallest absolute Gasteiger partial charge is 0.0478 e. The van der Waals surface area contributed by atoms with Gasteiger partial charge in [0.05, 0.1) is 0 Å². The molecule has 0 bridgehead atoms. The van der Waals surface area contributed by atoms with E-state index >= 15 is 0 Å². The number of nitrogens with one attached hydrogen (secondary N) is 1. The summed E-state index contributed by atoms with van der Waals surface area (Å²) in [5.74, 6) is 0. The van der Waals surface area contributed by atoms with Crippen LogP contribution in [0.4, 0.5) is 0 Å². The largest absolute Gasteiger partial charge is 0.381 e. The molecule has 0 saturated carbocycles. The van der Waals surface area contributed by atoms with Gasteiger partial charge in [0, 0.05) is 13.2 Å². The third-order valence-corrected chi connectivity index (χ3v) is 6.24. The van der Waals surface area contributed by atoms with Crippen molar-refractivity contribution in [2.45, 2.75) is 155 Å². The first-order valence-electron chi connectivity index (χ1n) is 14.2. The summed E-state index contributed by atoms with van der Waals surface area (Å²) in [6.07, 6.45) is 30.9. The molecule has 182 valence electrons. The van der Waals surface area contributed by atoms with E-state index in [1.807, 2.05) is 0 Å². The van der Waals surface area contributed by atoms with E-state index in [0.717, 1.165) is 26.2 Å². The molecule has 0 aromatic rings. The Morgan fingerprint density at radius 1 is 0.367 bits per heavy atom. The SMILES string of the molecule is CCCCCCCCCCCCCCNCCCOCCCCCCCCCCC. The highest BCUT2D eigenvalue weighted by Gasteiger charge is 1.95. The lowest BCUT2D eigenvalue weighted by Gasteiger charge is -2.07. The Bertz CT molecular complexity index is 254. The molecule has 0 atom stereocenters. The van der Waals surface area contributed by atoms with Crippen molar-refractivity contribution in [3.8, 4) is 0 Å². The molecule has 0 aliphatic carbocycles. The van der Waals surface area contributed by atoms with Crippen LogP contribution in [-0.2, 0) is 4.74 Å². The van der Waals surface area contributed by atoms with Gasteiger partial charge in [-0.05, 0) is 32.4 Å². The lowest BCUT2D eigenvalue weighted by Crippen LogP contribution is -2.18. The van der Waals surface area contributed by atoms with Crippen molar-refractivity contribution in [3.63, 3.8) is 0 Å². The molecule has 0 fully saturated rings. The minimum absolute atomic E-state index is 0.933. The monoisotopic (exact) mass is 425 g/mol. The summed E-state index contributed by atoms with van der Waals surface area (Å²) in [7, 11) is 0. The first-order chi connectivity index (χ1) is 14.9. The van der Waals surface area contributed by atoms with Crippen molar-refractivity contribution < 1.29 is 4.74 Å². The third kappa shape index (κ3) is 27.9. The standard InChI is InChI=1S/C28H59NO/c1-3-5-7-9-11-13-14-15-16-18-20-22-25-29-26-24-28-30-27-23-21-19-17-12-10-8-6-4-2/h29H,3-28H2,1-2H3. The second-order valence-electron chi connectivity index (χ2n) is 9.43. The number of hydrogen-bond acceptors (Lipinski definition) is 2. The Hall–Kier alpha value is -0.0800. The van der Waals surface area contributed by atoms with E-state index in [1.165, 1.54) is 141 Å². The van der Waals surface area contributed by atoms with Crippen molar-refractivity contribution in [2.75, 3.05) is 26.3 Å². The van der Waals surface area contributed by atoms with Crippen LogP contribution >= 0.6 is 0 Å². The highest BCUT2D eigenvalue weighted by atomic mass is 16.5. The molecule has 0 radical (unpaired) electrons. The van der Waals surface area contributed by atoms with Crippen molar-refractivity contribution in [1.82, 2.24) is 5.32 Å². The molecular formula is C28H59NO. The Labute approximate surface area is 191 Å². The predicted molar refractivity (Wildman–Crippen MR) is 137 cm³/mol. The Kier molecular flexibility index (Phi) is 28.8. The van der Waals surface area contributed by atoms with Crippen molar-refractivity contribution in [1.29, 1.82) is 0 Å². The van der Waals surface area contributed by atoms with E-state index in [2.05, 4.69) is 19.2 Å². The summed E-state index contributed by atoms with van der Waals surface area (Å²) in [6.45, 7) is 8.79. The molecule has 0 aliphatic rings. The fraction of sp³-hybridized carbons (Fsp3) is 1.00. The summed E-state index contributed by atoms with van der Waals surface area (Å²) in [6, 6.07) is 0. The minimum atomic E-state index is 0.933. The lowest BCUT2D eigenvalue weighted by molar-refractivity contribution is 0.127. The Morgan fingerprint density at radius 3 is 1.17 bits per heavy atom. The average Bonchev–Trinajstić information content (AvgIpc) is 2.76. The molecular weight excluding hydrogens is 366 g/mol. The maximum Gasteiger partial charge on any atom is 0.0478 e. The van der Waals surface area contributed by atoms with E-state index in [-0.39, 0.29) is 0 Å². The average molecular weight is 426 g/mol. The fourth-order valence-electron chi connectivity index (χ4n) is 4.13. The van der Waals surface area contributed by atoms with Crippen molar-refractivity contribution >= 4 is 0 Å². The van der Waals surface area contributed by atoms with Gasteiger partial charge in [-0.3, -0.25) is 0 Å². The van der Waals surface area contributed by atoms with Crippen LogP contribution in [0.5, 0.6) is 0 Å². The summed E-state index contributed by atoms with van der Waals surface area (Å²) in [4.78, 5) is 0. The van der Waals surface area contributed by atoms with Crippen LogP contribution in [-0.4, -0.2) is 26.3 Å². The first kappa shape index (κ1) is 29.9. The van der Waals surface area contributed by atoms with Crippen LogP contribution in [0.2, 0.25) is 0 Å². The maximum atomic E-state index is 5.77. The zero-order valence-electron chi connectivity index (χ0n) is 21.3. The van der Waals surface area contributed by atoms with Gasteiger partial charge in [-0.2, -0.15) is 0 Å². The summed E-state index contributed by atoms with van der Waals surface area (Å²) < 4.78 is 5.77. The molecule has 30 heavy (non-hydrogen) atoms. The zero-order chi connectivity index (χ0) is 21.8. The highest BCUT2D eigenvalue weighted by Crippen LogP contribution is 2.12. The molecule has 0 amide bonds. The van der Waals surface area contributed by atoms with Gasteiger partial charge < -0.3 is 10.1 Å². The normalized spacial score (nSPS) is 11.4. The van der Waals surface area contributed by atoms with Gasteiger partial charge in [-0.15, -0.1) is 0 Å². The molecule has 2 nitrogen and oxygen atoms in total. The maximum absolute atomic E-state index is 5.77. The van der Waals surface area contributed by atoms with Gasteiger partial charge in [0.1, 0.15) is 0 Å². The molecule has 0 heterocycles. The van der Waals surface area contributed by atoms with Crippen LogP contribution < -0.4 is 5.32 Å². The fourth-order valence-corrected chi connectivity index (χ4v) is 4.13. The first-order valence-corrected chi connectivity index (χ1v) is 14.2. The minimum Gasteiger partial charge on any atom is -0.381 e. The Morgan fingerprint density at radius 2 is 0.700 bits per heavy atom. The van der Waals surface area contributed by atoms with Gasteiger partial charge in [0.15, 0.2) is 0 Å². The number of rotatable bonds is 27. The highest BCUT2D eigenvalue weighted by molar-refractivity contribution is 4.52. The lowest BCUT2D eigenvalue weighted by atomic mass is 10.1. The van der Waals surface area contributed by atoms with E-state index in [0.29, 0.717) is 0 Å². The van der Waals surface area contributed by atoms with Crippen LogP contribution in [0.25, 0.3) is 0 Å². The van der Waals surface area contributed by atoms with Gasteiger partial charge in [-0.1, -0.05) is 136 Å². The number of unbranched alkanes of at least 4 members (excludes halogenated alkanes) is 19. The summed E-state index contributed by atoms with van der Waals surface area (Å²) >= 11 is 0. The van der Waals surface area contributed by atoms with Gasteiger partial charge in [0.2, 0.25) is 0 Å². The molecule has 0 spiro atoms. The van der Waals surface area contributed by atoms with E-state index in [1.54, 1.807) is 0 Å². The second kappa shape index (κ2) is 28.9. The molecule has 0 aliphatic heterocycles. The molecule has 2 heteroatoms. The third-order valence-electron chi connectivity index (χ3n) is 6.24. The molecule has 0 aromatic carbocycles. The predicted octanol–water partition coefficient (Wildman–Crippen LogP) is 9.21. The molecule has 0 rings (SSSR count). The topological polar surface area (TPSA) is 21.3 Å². The van der Waals surface area contributed by atoms with Crippen LogP contribution in [0.15, 0.2) is 0 Å². The van der Waals surface area contributed by atoms with E-state index in [9.17, 15) is 0 Å². The molecule has 0 saturated heterocycles. The number of ether oxygens (including phenoxy) is 1. The van der Waals surface area contributed by atoms with Crippen LogP contribution in [0.1, 0.15) is 155 Å². The zero-order valence-corrected chi connectivity index (χ0v) is 21.3. The van der Waals surface area contributed by atoms with Crippen LogP contribution in [0.3, 0.4) is 0 Å². The van der Waals surface area contributed by atoms with Gasteiger partial charge >= 0.3 is 0 Å². The van der Waals surface area contributed by atoms with Gasteiger partial charge in [-0.25, -0.2) is 0 Å². The van der Waals surface area contributed by atoms with Crippen LogP contribution in [0, 0.1) is 0 Å². The van der Waals surface area contributed by atoms with Gasteiger partial charge in [0.25, 0.3) is 0 Å². The van der Waals surface area contributed by atoms with E-state index in [4.69, 9.17) is 4.74 Å². The number of hydrogen-bond donors (Lipinski definition) is 1. The quantitative estimate of drug-likeness (QED) is 0.132. The summed E-state index contributed by atoms with van der Waals surface area (Å²) in [5.41, 5.74) is 0.